The summed E-state index contributed by atoms with van der Waals surface area (Å²) in [5.41, 5.74) is -0.0575. The van der Waals surface area contributed by atoms with Crippen molar-refractivity contribution in [3.8, 4) is 11.5 Å². The van der Waals surface area contributed by atoms with Crippen LogP contribution in [0.1, 0.15) is 68.6 Å². The summed E-state index contributed by atoms with van der Waals surface area (Å²) in [6, 6.07) is 10.6. The summed E-state index contributed by atoms with van der Waals surface area (Å²) in [6.07, 6.45) is -1.95. The molecule has 266 valence electrons. The summed E-state index contributed by atoms with van der Waals surface area (Å²) in [6.45, 7) is 2.66. The number of esters is 1. The first-order valence-corrected chi connectivity index (χ1v) is 15.2. The van der Waals surface area contributed by atoms with Crippen LogP contribution in [0.25, 0.3) is 0 Å². The lowest BCUT2D eigenvalue weighted by atomic mass is 9.93. The number of halogens is 13. The molecule has 0 bridgehead atoms. The minimum atomic E-state index is -7.93. The summed E-state index contributed by atoms with van der Waals surface area (Å²) in [5.74, 6) is -38.3. The number of carbonyl (C=O) groups excluding carboxylic acids is 1. The van der Waals surface area contributed by atoms with Crippen LogP contribution in [0.2, 0.25) is 0 Å². The maximum Gasteiger partial charge on any atom is 0.460 e. The highest BCUT2D eigenvalue weighted by Gasteiger charge is 2.90. The molecule has 2 aromatic rings. The van der Waals surface area contributed by atoms with Crippen LogP contribution in [0.4, 0.5) is 57.1 Å². The molecule has 2 aromatic carbocycles. The molecule has 2 rings (SSSR count). The fourth-order valence-corrected chi connectivity index (χ4v) is 4.89. The van der Waals surface area contributed by atoms with Crippen molar-refractivity contribution in [3.05, 3.63) is 54.1 Å². The molecule has 0 aliphatic heterocycles. The third-order valence-electron chi connectivity index (χ3n) is 6.82. The Kier molecular flexibility index (Phi) is 13.8. The minimum Gasteiger partial charge on any atom is -0.494 e. The van der Waals surface area contributed by atoms with Crippen LogP contribution < -0.4 is 9.47 Å². The van der Waals surface area contributed by atoms with Gasteiger partial charge in [0.05, 0.1) is 12.2 Å². The van der Waals surface area contributed by atoms with Crippen molar-refractivity contribution in [1.82, 2.24) is 0 Å². The van der Waals surface area contributed by atoms with Gasteiger partial charge < -0.3 is 9.47 Å². The summed E-state index contributed by atoms with van der Waals surface area (Å²) in [4.78, 5) is 12.4. The topological polar surface area (TPSA) is 35.5 Å². The molecule has 0 spiro atoms. The highest BCUT2D eigenvalue weighted by molar-refractivity contribution is 7.99. The lowest BCUT2D eigenvalue weighted by Gasteiger charge is -2.39. The first kappa shape index (κ1) is 40.3. The molecule has 0 radical (unpaired) electrons. The van der Waals surface area contributed by atoms with E-state index in [0.29, 0.717) is 24.1 Å². The molecular formula is C30H31F13O3S. The van der Waals surface area contributed by atoms with Crippen molar-refractivity contribution in [2.45, 2.75) is 99.0 Å². The first-order valence-electron chi connectivity index (χ1n) is 14.3. The highest BCUT2D eigenvalue weighted by atomic mass is 32.2. The minimum absolute atomic E-state index is 0.0103. The van der Waals surface area contributed by atoms with Gasteiger partial charge in [0.15, 0.2) is 0 Å². The van der Waals surface area contributed by atoms with Crippen LogP contribution in [-0.4, -0.2) is 54.1 Å². The molecule has 0 unspecified atom stereocenters. The third kappa shape index (κ3) is 9.62. The monoisotopic (exact) mass is 718 g/mol. The zero-order chi connectivity index (χ0) is 35.7. The molecule has 0 saturated heterocycles. The predicted octanol–water partition coefficient (Wildman–Crippen LogP) is 11.3. The average molecular weight is 719 g/mol. The number of alkyl halides is 13. The van der Waals surface area contributed by atoms with E-state index in [9.17, 15) is 61.9 Å². The van der Waals surface area contributed by atoms with Gasteiger partial charge in [0.25, 0.3) is 0 Å². The maximum atomic E-state index is 14.0. The fraction of sp³-hybridized carbons (Fsp3) is 0.567. The first-order chi connectivity index (χ1) is 21.6. The molecule has 0 heterocycles. The molecule has 0 aliphatic rings. The van der Waals surface area contributed by atoms with E-state index in [2.05, 4.69) is 6.92 Å². The predicted molar refractivity (Wildman–Crippen MR) is 147 cm³/mol. The molecule has 0 amide bonds. The summed E-state index contributed by atoms with van der Waals surface area (Å²) in [5, 5.41) is 0. The molecule has 17 heteroatoms. The number of thioether (sulfide) groups is 1. The number of unbranched alkanes of at least 4 members (excludes halogenated alkanes) is 6. The van der Waals surface area contributed by atoms with Crippen molar-refractivity contribution in [3.63, 3.8) is 0 Å². The Morgan fingerprint density at radius 1 is 0.617 bits per heavy atom. The number of rotatable bonds is 19. The van der Waals surface area contributed by atoms with Gasteiger partial charge in [-0.3, -0.25) is 0 Å². The maximum absolute atomic E-state index is 14.0. The molecule has 0 aromatic heterocycles. The standard InChI is InChI=1S/C30H31F13O3S/c1-2-3-4-5-6-7-8-18-45-21-11-13-22(14-12-21)46-24(44)20-9-15-23(16-10-20)47-19-17-25(31,32)26(33,34)27(35,36)28(37,38)29(39,40)30(41,42)43/h9-16H,2-8,17-19H2,1H3. The van der Waals surface area contributed by atoms with Gasteiger partial charge in [-0.25, -0.2) is 4.79 Å². The van der Waals surface area contributed by atoms with E-state index in [1.54, 1.807) is 12.1 Å². The molecular weight excluding hydrogens is 687 g/mol. The van der Waals surface area contributed by atoms with E-state index in [0.717, 1.165) is 43.5 Å². The molecule has 0 atom stereocenters. The van der Waals surface area contributed by atoms with Gasteiger partial charge in [0, 0.05) is 17.1 Å². The number of ether oxygens (including phenoxy) is 2. The number of hydrogen-bond donors (Lipinski definition) is 0. The molecule has 3 nitrogen and oxygen atoms in total. The summed E-state index contributed by atoms with van der Waals surface area (Å²) < 4.78 is 183. The van der Waals surface area contributed by atoms with E-state index in [4.69, 9.17) is 9.47 Å². The van der Waals surface area contributed by atoms with Crippen LogP contribution >= 0.6 is 11.8 Å². The average Bonchev–Trinajstić information content (AvgIpc) is 2.98. The van der Waals surface area contributed by atoms with E-state index in [-0.39, 0.29) is 16.2 Å². The molecule has 0 aliphatic carbocycles. The lowest BCUT2D eigenvalue weighted by Crippen LogP contribution is -2.70. The number of hydrogen-bond acceptors (Lipinski definition) is 4. The second kappa shape index (κ2) is 16.0. The van der Waals surface area contributed by atoms with Crippen molar-refractivity contribution < 1.29 is 71.3 Å². The normalized spacial score (nSPS) is 13.5. The highest BCUT2D eigenvalue weighted by Crippen LogP contribution is 2.60. The quantitative estimate of drug-likeness (QED) is 0.0476. The summed E-state index contributed by atoms with van der Waals surface area (Å²) >= 11 is 0.291. The second-order valence-electron chi connectivity index (χ2n) is 10.5. The van der Waals surface area contributed by atoms with Gasteiger partial charge in [-0.05, 0) is 55.0 Å². The number of carbonyl (C=O) groups is 1. The van der Waals surface area contributed by atoms with Crippen molar-refractivity contribution in [2.24, 2.45) is 0 Å². The SMILES string of the molecule is CCCCCCCCCOc1ccc(OC(=O)c2ccc(SCCC(F)(F)C(F)(F)C(F)(F)C(F)(F)C(F)(F)C(F)(F)F)cc2)cc1. The lowest BCUT2D eigenvalue weighted by molar-refractivity contribution is -0.439. The van der Waals surface area contributed by atoms with Crippen LogP contribution in [0.3, 0.4) is 0 Å². The van der Waals surface area contributed by atoms with Crippen LogP contribution in [0.15, 0.2) is 53.4 Å². The Morgan fingerprint density at radius 3 is 1.64 bits per heavy atom. The fourth-order valence-electron chi connectivity index (χ4n) is 3.96. The zero-order valence-electron chi connectivity index (χ0n) is 24.7. The summed E-state index contributed by atoms with van der Waals surface area (Å²) in [7, 11) is 0. The number of benzene rings is 2. The van der Waals surface area contributed by atoms with Crippen molar-refractivity contribution in [2.75, 3.05) is 12.4 Å². The van der Waals surface area contributed by atoms with E-state index < -0.39 is 53.9 Å². The molecule has 47 heavy (non-hydrogen) atoms. The van der Waals surface area contributed by atoms with Gasteiger partial charge in [-0.1, -0.05) is 45.4 Å². The molecule has 0 fully saturated rings. The molecule has 0 N–H and O–H groups in total. The van der Waals surface area contributed by atoms with Gasteiger partial charge in [-0.15, -0.1) is 11.8 Å². The van der Waals surface area contributed by atoms with Gasteiger partial charge in [0.1, 0.15) is 11.5 Å². The largest absolute Gasteiger partial charge is 0.494 e. The van der Waals surface area contributed by atoms with Crippen LogP contribution in [0, 0.1) is 0 Å². The van der Waals surface area contributed by atoms with Crippen molar-refractivity contribution in [1.29, 1.82) is 0 Å². The molecule has 0 saturated carbocycles. The third-order valence-corrected chi connectivity index (χ3v) is 7.84. The van der Waals surface area contributed by atoms with Gasteiger partial charge >= 0.3 is 41.8 Å². The van der Waals surface area contributed by atoms with E-state index in [1.165, 1.54) is 37.8 Å². The Hall–Kier alpha value is -2.85. The Morgan fingerprint density at radius 2 is 1.11 bits per heavy atom. The zero-order valence-corrected chi connectivity index (χ0v) is 25.6. The Balaban J connectivity index is 1.90. The van der Waals surface area contributed by atoms with E-state index >= 15 is 0 Å². The van der Waals surface area contributed by atoms with Gasteiger partial charge in [0.2, 0.25) is 0 Å². The van der Waals surface area contributed by atoms with Gasteiger partial charge in [-0.2, -0.15) is 57.1 Å². The van der Waals surface area contributed by atoms with Crippen molar-refractivity contribution >= 4 is 17.7 Å². The van der Waals surface area contributed by atoms with Crippen LogP contribution in [-0.2, 0) is 0 Å². The Labute approximate surface area is 266 Å². The van der Waals surface area contributed by atoms with Crippen LogP contribution in [0.5, 0.6) is 11.5 Å². The smallest absolute Gasteiger partial charge is 0.460 e. The van der Waals surface area contributed by atoms with E-state index in [1.807, 2.05) is 0 Å². The second-order valence-corrected chi connectivity index (χ2v) is 11.6. The Bertz CT molecular complexity index is 1270.